The topological polar surface area (TPSA) is 52.3 Å². The van der Waals surface area contributed by atoms with E-state index in [0.717, 1.165) is 12.0 Å². The molecule has 0 amide bonds. The van der Waals surface area contributed by atoms with Crippen LogP contribution in [0.3, 0.4) is 0 Å². The van der Waals surface area contributed by atoms with Crippen molar-refractivity contribution in [3.05, 3.63) is 28.8 Å². The summed E-state index contributed by atoms with van der Waals surface area (Å²) in [6, 6.07) is 5.47. The number of esters is 1. The third-order valence-electron chi connectivity index (χ3n) is 2.62. The van der Waals surface area contributed by atoms with E-state index in [0.29, 0.717) is 17.1 Å². The molecule has 0 spiro atoms. The third-order valence-corrected chi connectivity index (χ3v) is 2.97. The van der Waals surface area contributed by atoms with Crippen LogP contribution < -0.4 is 5.73 Å². The molecule has 16 heavy (non-hydrogen) atoms. The highest BCUT2D eigenvalue weighted by Crippen LogP contribution is 2.28. The molecule has 1 unspecified atom stereocenters. The summed E-state index contributed by atoms with van der Waals surface area (Å²) < 4.78 is 4.66. The van der Waals surface area contributed by atoms with E-state index < -0.39 is 0 Å². The summed E-state index contributed by atoms with van der Waals surface area (Å²) in [6.45, 7) is 2.03. The molecule has 0 bridgehead atoms. The lowest BCUT2D eigenvalue weighted by Crippen LogP contribution is -2.08. The number of nitrogens with two attached hydrogens (primary N) is 1. The van der Waals surface area contributed by atoms with Gasteiger partial charge in [0.1, 0.15) is 0 Å². The smallest absolute Gasteiger partial charge is 0.306 e. The molecule has 0 heterocycles. The number of benzene rings is 1. The Hall–Kier alpha value is -1.22. The molecule has 0 fully saturated rings. The van der Waals surface area contributed by atoms with Crippen molar-refractivity contribution in [2.45, 2.75) is 25.7 Å². The van der Waals surface area contributed by atoms with Gasteiger partial charge in [-0.15, -0.1) is 0 Å². The number of carbonyl (C=O) groups excluding carboxylic acids is 1. The fourth-order valence-electron chi connectivity index (χ4n) is 1.60. The van der Waals surface area contributed by atoms with Gasteiger partial charge in [0.15, 0.2) is 0 Å². The molecular weight excluding hydrogens is 226 g/mol. The maximum absolute atomic E-state index is 11.2. The normalized spacial score (nSPS) is 12.2. The SMILES string of the molecule is CCC(CC(=O)OC)c1ccc(Cl)c(N)c1. The fraction of sp³-hybridized carbons (Fsp3) is 0.417. The van der Waals surface area contributed by atoms with Gasteiger partial charge < -0.3 is 10.5 Å². The second-order valence-electron chi connectivity index (χ2n) is 3.67. The molecule has 4 heteroatoms. The lowest BCUT2D eigenvalue weighted by Gasteiger charge is -2.14. The summed E-state index contributed by atoms with van der Waals surface area (Å²) >= 11 is 5.84. The van der Waals surface area contributed by atoms with Gasteiger partial charge in [-0.3, -0.25) is 4.79 Å². The summed E-state index contributed by atoms with van der Waals surface area (Å²) in [5.74, 6) is -0.0765. The molecule has 0 aliphatic carbocycles. The number of hydrogen-bond acceptors (Lipinski definition) is 3. The van der Waals surface area contributed by atoms with Crippen LogP contribution in [0.15, 0.2) is 18.2 Å². The number of anilines is 1. The largest absolute Gasteiger partial charge is 0.469 e. The Balaban J connectivity index is 2.86. The van der Waals surface area contributed by atoms with Crippen molar-refractivity contribution in [2.24, 2.45) is 0 Å². The molecule has 0 saturated carbocycles. The molecule has 0 aliphatic rings. The average Bonchev–Trinajstić information content (AvgIpc) is 2.29. The maximum atomic E-state index is 11.2. The zero-order valence-electron chi connectivity index (χ0n) is 9.50. The zero-order valence-corrected chi connectivity index (χ0v) is 10.3. The second kappa shape index (κ2) is 5.75. The summed E-state index contributed by atoms with van der Waals surface area (Å²) in [7, 11) is 1.39. The van der Waals surface area contributed by atoms with E-state index in [1.54, 1.807) is 6.07 Å². The van der Waals surface area contributed by atoms with Gasteiger partial charge in [-0.05, 0) is 30.0 Å². The standard InChI is InChI=1S/C12H16ClNO2/c1-3-8(7-12(15)16-2)9-4-5-10(13)11(14)6-9/h4-6,8H,3,7,14H2,1-2H3. The van der Waals surface area contributed by atoms with Crippen LogP contribution >= 0.6 is 11.6 Å². The zero-order chi connectivity index (χ0) is 12.1. The summed E-state index contributed by atoms with van der Waals surface area (Å²) in [4.78, 5) is 11.2. The van der Waals surface area contributed by atoms with E-state index in [1.165, 1.54) is 7.11 Å². The van der Waals surface area contributed by atoms with Crippen molar-refractivity contribution in [2.75, 3.05) is 12.8 Å². The summed E-state index contributed by atoms with van der Waals surface area (Å²) in [6.07, 6.45) is 1.23. The number of halogens is 1. The number of methoxy groups -OCH3 is 1. The Morgan fingerprint density at radius 3 is 2.75 bits per heavy atom. The first-order valence-electron chi connectivity index (χ1n) is 5.20. The number of hydrogen-bond donors (Lipinski definition) is 1. The van der Waals surface area contributed by atoms with Gasteiger partial charge in [0.2, 0.25) is 0 Å². The van der Waals surface area contributed by atoms with Crippen molar-refractivity contribution in [1.82, 2.24) is 0 Å². The van der Waals surface area contributed by atoms with Crippen LogP contribution in [0.4, 0.5) is 5.69 Å². The van der Waals surface area contributed by atoms with Crippen LogP contribution in [-0.4, -0.2) is 13.1 Å². The van der Waals surface area contributed by atoms with E-state index in [1.807, 2.05) is 19.1 Å². The molecule has 0 saturated heterocycles. The molecule has 1 atom stereocenters. The van der Waals surface area contributed by atoms with Crippen LogP contribution in [-0.2, 0) is 9.53 Å². The van der Waals surface area contributed by atoms with Crippen LogP contribution in [0.5, 0.6) is 0 Å². The van der Waals surface area contributed by atoms with Gasteiger partial charge in [-0.25, -0.2) is 0 Å². The van der Waals surface area contributed by atoms with Gasteiger partial charge in [0.25, 0.3) is 0 Å². The quantitative estimate of drug-likeness (QED) is 0.651. The molecule has 0 radical (unpaired) electrons. The van der Waals surface area contributed by atoms with Gasteiger partial charge in [0.05, 0.1) is 24.2 Å². The molecule has 88 valence electrons. The Morgan fingerprint density at radius 2 is 2.25 bits per heavy atom. The van der Waals surface area contributed by atoms with E-state index in [-0.39, 0.29) is 11.9 Å². The lowest BCUT2D eigenvalue weighted by molar-refractivity contribution is -0.141. The van der Waals surface area contributed by atoms with E-state index >= 15 is 0 Å². The second-order valence-corrected chi connectivity index (χ2v) is 4.07. The highest BCUT2D eigenvalue weighted by molar-refractivity contribution is 6.33. The molecule has 1 aromatic rings. The van der Waals surface area contributed by atoms with Crippen molar-refractivity contribution in [1.29, 1.82) is 0 Å². The lowest BCUT2D eigenvalue weighted by atomic mass is 9.93. The summed E-state index contributed by atoms with van der Waals surface area (Å²) in [5.41, 5.74) is 7.30. The van der Waals surface area contributed by atoms with Gasteiger partial charge in [-0.1, -0.05) is 24.6 Å². The molecule has 0 aromatic heterocycles. The fourth-order valence-corrected chi connectivity index (χ4v) is 1.72. The van der Waals surface area contributed by atoms with E-state index in [2.05, 4.69) is 4.74 Å². The van der Waals surface area contributed by atoms with Crippen molar-refractivity contribution < 1.29 is 9.53 Å². The third kappa shape index (κ3) is 3.14. The first-order chi connectivity index (χ1) is 7.58. The van der Waals surface area contributed by atoms with Crippen LogP contribution in [0.1, 0.15) is 31.2 Å². The minimum atomic E-state index is -0.208. The molecule has 2 N–H and O–H groups in total. The molecule has 1 rings (SSSR count). The molecule has 1 aromatic carbocycles. The monoisotopic (exact) mass is 241 g/mol. The predicted molar refractivity (Wildman–Crippen MR) is 65.5 cm³/mol. The van der Waals surface area contributed by atoms with Crippen molar-refractivity contribution >= 4 is 23.3 Å². The maximum Gasteiger partial charge on any atom is 0.306 e. The number of carbonyl (C=O) groups is 1. The van der Waals surface area contributed by atoms with Crippen LogP contribution in [0.2, 0.25) is 5.02 Å². The molecule has 0 aliphatic heterocycles. The van der Waals surface area contributed by atoms with Crippen LogP contribution in [0, 0.1) is 0 Å². The Kier molecular flexibility index (Phi) is 4.62. The molecular formula is C12H16ClNO2. The number of nitrogen functional groups attached to an aromatic ring is 1. The minimum absolute atomic E-state index is 0.131. The van der Waals surface area contributed by atoms with Gasteiger partial charge in [-0.2, -0.15) is 0 Å². The van der Waals surface area contributed by atoms with Gasteiger partial charge >= 0.3 is 5.97 Å². The number of ether oxygens (including phenoxy) is 1. The Bertz CT molecular complexity index is 379. The highest BCUT2D eigenvalue weighted by Gasteiger charge is 2.15. The van der Waals surface area contributed by atoms with E-state index in [4.69, 9.17) is 17.3 Å². The van der Waals surface area contributed by atoms with Gasteiger partial charge in [0, 0.05) is 0 Å². The van der Waals surface area contributed by atoms with Crippen LogP contribution in [0.25, 0.3) is 0 Å². The van der Waals surface area contributed by atoms with Crippen molar-refractivity contribution in [3.8, 4) is 0 Å². The first kappa shape index (κ1) is 12.8. The average molecular weight is 242 g/mol. The summed E-state index contributed by atoms with van der Waals surface area (Å²) in [5, 5.41) is 0.539. The minimum Gasteiger partial charge on any atom is -0.469 e. The predicted octanol–water partition coefficient (Wildman–Crippen LogP) is 2.98. The molecule has 3 nitrogen and oxygen atoms in total. The Morgan fingerprint density at radius 1 is 1.56 bits per heavy atom. The number of rotatable bonds is 4. The highest BCUT2D eigenvalue weighted by atomic mass is 35.5. The van der Waals surface area contributed by atoms with E-state index in [9.17, 15) is 4.79 Å². The first-order valence-corrected chi connectivity index (χ1v) is 5.58. The Labute approximate surface area is 101 Å². The van der Waals surface area contributed by atoms with Crippen molar-refractivity contribution in [3.63, 3.8) is 0 Å².